The molecule has 1 aliphatic carbocycles. The van der Waals surface area contributed by atoms with Gasteiger partial charge in [-0.1, -0.05) is 24.4 Å². The average Bonchev–Trinajstić information content (AvgIpc) is 2.96. The Bertz CT molecular complexity index is 660. The first-order valence-electron chi connectivity index (χ1n) is 7.48. The molecule has 1 heterocycles. The van der Waals surface area contributed by atoms with Gasteiger partial charge in [0, 0.05) is 12.5 Å². The fourth-order valence-electron chi connectivity index (χ4n) is 2.94. The normalized spacial score (nSPS) is 17.2. The van der Waals surface area contributed by atoms with Gasteiger partial charge in [-0.05, 0) is 37.1 Å². The number of hydrogen-bond acceptors (Lipinski definition) is 4. The van der Waals surface area contributed by atoms with E-state index in [1.54, 1.807) is 6.92 Å². The van der Waals surface area contributed by atoms with Crippen molar-refractivity contribution in [2.75, 3.05) is 0 Å². The SMILES string of the molecule is Cc1nc(C2(NC(=O)c3ccc(F)cc3)CCCCC2)no1. The molecule has 116 valence electrons. The summed E-state index contributed by atoms with van der Waals surface area (Å²) in [6.07, 6.45) is 4.68. The maximum absolute atomic E-state index is 13.0. The van der Waals surface area contributed by atoms with Crippen LogP contribution in [-0.2, 0) is 5.54 Å². The summed E-state index contributed by atoms with van der Waals surface area (Å²) in [5.74, 6) is 0.401. The molecule has 0 saturated heterocycles. The van der Waals surface area contributed by atoms with Gasteiger partial charge in [-0.25, -0.2) is 4.39 Å². The number of benzene rings is 1. The van der Waals surface area contributed by atoms with Gasteiger partial charge >= 0.3 is 0 Å². The molecule has 0 aliphatic heterocycles. The van der Waals surface area contributed by atoms with Gasteiger partial charge in [0.15, 0.2) is 5.82 Å². The summed E-state index contributed by atoms with van der Waals surface area (Å²) in [6, 6.07) is 5.51. The van der Waals surface area contributed by atoms with Gasteiger partial charge in [0.05, 0.1) is 0 Å². The first-order valence-corrected chi connectivity index (χ1v) is 7.48. The Morgan fingerprint density at radius 2 is 1.91 bits per heavy atom. The van der Waals surface area contributed by atoms with Crippen molar-refractivity contribution in [3.05, 3.63) is 47.4 Å². The van der Waals surface area contributed by atoms with Gasteiger partial charge in [0.1, 0.15) is 11.4 Å². The molecule has 0 spiro atoms. The number of rotatable bonds is 3. The van der Waals surface area contributed by atoms with Crippen molar-refractivity contribution in [2.24, 2.45) is 0 Å². The molecular formula is C16H18FN3O2. The summed E-state index contributed by atoms with van der Waals surface area (Å²) in [6.45, 7) is 1.73. The molecule has 1 saturated carbocycles. The molecule has 0 unspecified atom stereocenters. The summed E-state index contributed by atoms with van der Waals surface area (Å²) in [5.41, 5.74) is -0.173. The summed E-state index contributed by atoms with van der Waals surface area (Å²) in [5, 5.41) is 7.06. The lowest BCUT2D eigenvalue weighted by molar-refractivity contribution is 0.0855. The Morgan fingerprint density at radius 3 is 2.50 bits per heavy atom. The van der Waals surface area contributed by atoms with Crippen LogP contribution in [0.15, 0.2) is 28.8 Å². The van der Waals surface area contributed by atoms with E-state index in [1.165, 1.54) is 24.3 Å². The zero-order valence-corrected chi connectivity index (χ0v) is 12.4. The van der Waals surface area contributed by atoms with E-state index >= 15 is 0 Å². The smallest absolute Gasteiger partial charge is 0.252 e. The standard InChI is InChI=1S/C16H18FN3O2/c1-11-18-15(20-22-11)16(9-3-2-4-10-16)19-14(21)12-5-7-13(17)8-6-12/h5-8H,2-4,9-10H2,1H3,(H,19,21). The number of aromatic nitrogens is 2. The minimum absolute atomic E-state index is 0.246. The molecule has 1 amide bonds. The highest BCUT2D eigenvalue weighted by Gasteiger charge is 2.39. The lowest BCUT2D eigenvalue weighted by Crippen LogP contribution is -2.48. The van der Waals surface area contributed by atoms with Crippen LogP contribution in [0.25, 0.3) is 0 Å². The zero-order chi connectivity index (χ0) is 15.6. The molecule has 1 fully saturated rings. The van der Waals surface area contributed by atoms with Crippen LogP contribution >= 0.6 is 0 Å². The minimum atomic E-state index is -0.596. The lowest BCUT2D eigenvalue weighted by Gasteiger charge is -2.35. The minimum Gasteiger partial charge on any atom is -0.340 e. The molecule has 1 aliphatic rings. The Morgan fingerprint density at radius 1 is 1.23 bits per heavy atom. The zero-order valence-electron chi connectivity index (χ0n) is 12.4. The van der Waals surface area contributed by atoms with E-state index in [-0.39, 0.29) is 11.7 Å². The number of carbonyl (C=O) groups is 1. The molecule has 1 aromatic carbocycles. The Kier molecular flexibility index (Phi) is 3.92. The van der Waals surface area contributed by atoms with Gasteiger partial charge in [-0.3, -0.25) is 4.79 Å². The number of nitrogens with one attached hydrogen (secondary N) is 1. The molecule has 5 nitrogen and oxygen atoms in total. The van der Waals surface area contributed by atoms with Gasteiger partial charge in [0.25, 0.3) is 5.91 Å². The summed E-state index contributed by atoms with van der Waals surface area (Å²) in [7, 11) is 0. The monoisotopic (exact) mass is 303 g/mol. The highest BCUT2D eigenvalue weighted by molar-refractivity contribution is 5.94. The van der Waals surface area contributed by atoms with E-state index in [2.05, 4.69) is 15.5 Å². The van der Waals surface area contributed by atoms with E-state index < -0.39 is 5.54 Å². The number of nitrogens with zero attached hydrogens (tertiary/aromatic N) is 2. The molecule has 1 aromatic heterocycles. The molecule has 3 rings (SSSR count). The summed E-state index contributed by atoms with van der Waals surface area (Å²) >= 11 is 0. The third kappa shape index (κ3) is 2.86. The predicted molar refractivity (Wildman–Crippen MR) is 77.7 cm³/mol. The van der Waals surface area contributed by atoms with Crippen LogP contribution in [0, 0.1) is 12.7 Å². The fourth-order valence-corrected chi connectivity index (χ4v) is 2.94. The number of aryl methyl sites for hydroxylation is 1. The topological polar surface area (TPSA) is 68.0 Å². The second-order valence-corrected chi connectivity index (χ2v) is 5.74. The molecule has 1 N–H and O–H groups in total. The third-order valence-corrected chi connectivity index (χ3v) is 4.12. The average molecular weight is 303 g/mol. The first-order chi connectivity index (χ1) is 10.6. The molecule has 0 radical (unpaired) electrons. The van der Waals surface area contributed by atoms with Gasteiger partial charge in [-0.15, -0.1) is 0 Å². The second kappa shape index (κ2) is 5.87. The van der Waals surface area contributed by atoms with E-state index in [4.69, 9.17) is 4.52 Å². The van der Waals surface area contributed by atoms with Crippen molar-refractivity contribution in [3.63, 3.8) is 0 Å². The van der Waals surface area contributed by atoms with Gasteiger partial charge < -0.3 is 9.84 Å². The molecule has 0 atom stereocenters. The van der Waals surface area contributed by atoms with Crippen LogP contribution in [-0.4, -0.2) is 16.0 Å². The quantitative estimate of drug-likeness (QED) is 0.946. The van der Waals surface area contributed by atoms with E-state index in [9.17, 15) is 9.18 Å². The van der Waals surface area contributed by atoms with Crippen LogP contribution in [0.3, 0.4) is 0 Å². The highest BCUT2D eigenvalue weighted by atomic mass is 19.1. The Hall–Kier alpha value is -2.24. The first kappa shape index (κ1) is 14.7. The van der Waals surface area contributed by atoms with Crippen LogP contribution in [0.1, 0.15) is 54.2 Å². The molecule has 0 bridgehead atoms. The van der Waals surface area contributed by atoms with Crippen molar-refractivity contribution in [3.8, 4) is 0 Å². The van der Waals surface area contributed by atoms with E-state index in [0.29, 0.717) is 17.3 Å². The Labute approximate surface area is 127 Å². The maximum Gasteiger partial charge on any atom is 0.252 e. The van der Waals surface area contributed by atoms with E-state index in [0.717, 1.165) is 32.1 Å². The third-order valence-electron chi connectivity index (χ3n) is 4.12. The summed E-state index contributed by atoms with van der Waals surface area (Å²) < 4.78 is 18.1. The largest absolute Gasteiger partial charge is 0.340 e. The summed E-state index contributed by atoms with van der Waals surface area (Å²) in [4.78, 5) is 16.8. The molecule has 22 heavy (non-hydrogen) atoms. The predicted octanol–water partition coefficient (Wildman–Crippen LogP) is 3.11. The highest BCUT2D eigenvalue weighted by Crippen LogP contribution is 2.35. The second-order valence-electron chi connectivity index (χ2n) is 5.74. The molecule has 6 heteroatoms. The van der Waals surface area contributed by atoms with Crippen molar-refractivity contribution >= 4 is 5.91 Å². The van der Waals surface area contributed by atoms with Crippen LogP contribution < -0.4 is 5.32 Å². The maximum atomic E-state index is 13.0. The fraction of sp³-hybridized carbons (Fsp3) is 0.438. The number of hydrogen-bond donors (Lipinski definition) is 1. The van der Waals surface area contributed by atoms with Crippen molar-refractivity contribution in [1.29, 1.82) is 0 Å². The number of carbonyl (C=O) groups excluding carboxylic acids is 1. The lowest BCUT2D eigenvalue weighted by atomic mass is 9.80. The van der Waals surface area contributed by atoms with Gasteiger partial charge in [0.2, 0.25) is 5.89 Å². The van der Waals surface area contributed by atoms with Crippen LogP contribution in [0.4, 0.5) is 4.39 Å². The van der Waals surface area contributed by atoms with Crippen molar-refractivity contribution in [2.45, 2.75) is 44.6 Å². The molecular weight excluding hydrogens is 285 g/mol. The Balaban J connectivity index is 1.87. The number of halogens is 1. The van der Waals surface area contributed by atoms with Gasteiger partial charge in [-0.2, -0.15) is 4.98 Å². The van der Waals surface area contributed by atoms with Crippen molar-refractivity contribution in [1.82, 2.24) is 15.5 Å². The van der Waals surface area contributed by atoms with Crippen LogP contribution in [0.5, 0.6) is 0 Å². The van der Waals surface area contributed by atoms with Crippen molar-refractivity contribution < 1.29 is 13.7 Å². The number of amides is 1. The molecule has 2 aromatic rings. The van der Waals surface area contributed by atoms with E-state index in [1.807, 2.05) is 0 Å². The van der Waals surface area contributed by atoms with Crippen LogP contribution in [0.2, 0.25) is 0 Å².